The van der Waals surface area contributed by atoms with Gasteiger partial charge in [-0.25, -0.2) is 0 Å². The summed E-state index contributed by atoms with van der Waals surface area (Å²) in [6, 6.07) is 4.13. The fraction of sp³-hybridized carbons (Fsp3) is 0.538. The minimum absolute atomic E-state index is 0.799. The van der Waals surface area contributed by atoms with Crippen LogP contribution in [0.4, 0.5) is 0 Å². The Kier molecular flexibility index (Phi) is 3.35. The van der Waals surface area contributed by atoms with Crippen molar-refractivity contribution in [3.63, 3.8) is 0 Å². The molecule has 0 aromatic heterocycles. The van der Waals surface area contributed by atoms with Crippen molar-refractivity contribution in [2.45, 2.75) is 33.1 Å². The maximum absolute atomic E-state index is 5.86. The van der Waals surface area contributed by atoms with E-state index in [9.17, 15) is 0 Å². The third-order valence-corrected chi connectivity index (χ3v) is 4.23. The average Bonchev–Trinajstić information content (AvgIpc) is 2.15. The van der Waals surface area contributed by atoms with E-state index in [0.717, 1.165) is 22.7 Å². The Morgan fingerprint density at radius 1 is 1.27 bits per heavy atom. The van der Waals surface area contributed by atoms with E-state index in [2.05, 4.69) is 41.9 Å². The van der Waals surface area contributed by atoms with Gasteiger partial charge in [-0.2, -0.15) is 0 Å². The van der Waals surface area contributed by atoms with Gasteiger partial charge < -0.3 is 4.74 Å². The lowest BCUT2D eigenvalue weighted by atomic mass is 9.86. The summed E-state index contributed by atoms with van der Waals surface area (Å²) in [6.45, 7) is 5.13. The quantitative estimate of drug-likeness (QED) is 0.797. The molecule has 0 amide bonds. The summed E-state index contributed by atoms with van der Waals surface area (Å²) in [5.41, 5.74) is 2.53. The number of benzene rings is 1. The van der Waals surface area contributed by atoms with Crippen LogP contribution in [0.1, 0.15) is 30.4 Å². The van der Waals surface area contributed by atoms with Gasteiger partial charge >= 0.3 is 0 Å². The summed E-state index contributed by atoms with van der Waals surface area (Å²) < 4.78 is 7.02. The molecule has 0 unspecified atom stereocenters. The van der Waals surface area contributed by atoms with Crippen molar-refractivity contribution in [2.75, 3.05) is 6.61 Å². The number of rotatable bonds is 3. The van der Waals surface area contributed by atoms with Crippen molar-refractivity contribution in [2.24, 2.45) is 5.92 Å². The van der Waals surface area contributed by atoms with Crippen molar-refractivity contribution in [3.8, 4) is 5.75 Å². The van der Waals surface area contributed by atoms with Crippen LogP contribution in [0.2, 0.25) is 0 Å². The molecule has 1 saturated carbocycles. The fourth-order valence-corrected chi connectivity index (χ4v) is 2.22. The van der Waals surface area contributed by atoms with E-state index in [0.29, 0.717) is 0 Å². The first-order chi connectivity index (χ1) is 7.18. The Hall–Kier alpha value is -0.500. The molecule has 1 aromatic rings. The molecule has 1 nitrogen and oxygen atoms in total. The molecule has 0 spiro atoms. The Balaban J connectivity index is 2.04. The molecule has 1 aliphatic carbocycles. The third kappa shape index (κ3) is 2.36. The molecule has 0 radical (unpaired) electrons. The normalized spacial score (nSPS) is 16.2. The third-order valence-electron chi connectivity index (χ3n) is 3.37. The van der Waals surface area contributed by atoms with Crippen LogP contribution in [0.5, 0.6) is 5.75 Å². The van der Waals surface area contributed by atoms with E-state index in [-0.39, 0.29) is 0 Å². The SMILES string of the molecule is Cc1c(Br)ccc(OCC2CCC2)c1C. The first-order valence-corrected chi connectivity index (χ1v) is 6.36. The summed E-state index contributed by atoms with van der Waals surface area (Å²) in [4.78, 5) is 0. The van der Waals surface area contributed by atoms with Crippen LogP contribution >= 0.6 is 15.9 Å². The van der Waals surface area contributed by atoms with Crippen LogP contribution in [-0.2, 0) is 0 Å². The molecular weight excluding hydrogens is 252 g/mol. The first kappa shape index (κ1) is 11.0. The van der Waals surface area contributed by atoms with Crippen molar-refractivity contribution < 1.29 is 4.74 Å². The first-order valence-electron chi connectivity index (χ1n) is 5.57. The molecule has 0 atom stereocenters. The van der Waals surface area contributed by atoms with Crippen LogP contribution in [0, 0.1) is 19.8 Å². The highest BCUT2D eigenvalue weighted by atomic mass is 79.9. The molecule has 82 valence electrons. The van der Waals surface area contributed by atoms with Gasteiger partial charge in [0.1, 0.15) is 5.75 Å². The fourth-order valence-electron chi connectivity index (χ4n) is 1.79. The molecule has 0 N–H and O–H groups in total. The molecule has 0 aliphatic heterocycles. The van der Waals surface area contributed by atoms with Gasteiger partial charge in [0.15, 0.2) is 0 Å². The molecule has 1 aliphatic rings. The summed E-state index contributed by atoms with van der Waals surface area (Å²) in [6.07, 6.45) is 4.06. The van der Waals surface area contributed by atoms with Gasteiger partial charge in [-0.15, -0.1) is 0 Å². The zero-order valence-electron chi connectivity index (χ0n) is 9.35. The van der Waals surface area contributed by atoms with Gasteiger partial charge in [0.2, 0.25) is 0 Å². The molecular formula is C13H17BrO. The van der Waals surface area contributed by atoms with Gasteiger partial charge in [0.05, 0.1) is 6.61 Å². The van der Waals surface area contributed by atoms with Crippen LogP contribution in [-0.4, -0.2) is 6.61 Å². The molecule has 0 heterocycles. The summed E-state index contributed by atoms with van der Waals surface area (Å²) in [5, 5.41) is 0. The molecule has 2 heteroatoms. The second-order valence-electron chi connectivity index (χ2n) is 4.40. The van der Waals surface area contributed by atoms with Crippen molar-refractivity contribution in [1.82, 2.24) is 0 Å². The summed E-state index contributed by atoms with van der Waals surface area (Å²) in [5.74, 6) is 1.84. The van der Waals surface area contributed by atoms with Gasteiger partial charge in [-0.1, -0.05) is 22.4 Å². The highest BCUT2D eigenvalue weighted by molar-refractivity contribution is 9.10. The predicted octanol–water partition coefficient (Wildman–Crippen LogP) is 4.24. The predicted molar refractivity (Wildman–Crippen MR) is 66.5 cm³/mol. The molecule has 0 saturated heterocycles. The largest absolute Gasteiger partial charge is 0.493 e. The van der Waals surface area contributed by atoms with Crippen LogP contribution in [0.3, 0.4) is 0 Å². The van der Waals surface area contributed by atoms with Crippen LogP contribution in [0.15, 0.2) is 16.6 Å². The van der Waals surface area contributed by atoms with Gasteiger partial charge in [0, 0.05) is 4.47 Å². The highest BCUT2D eigenvalue weighted by Gasteiger charge is 2.18. The lowest BCUT2D eigenvalue weighted by molar-refractivity contribution is 0.180. The summed E-state index contributed by atoms with van der Waals surface area (Å²) in [7, 11) is 0. The molecule has 1 fully saturated rings. The second-order valence-corrected chi connectivity index (χ2v) is 5.26. The summed E-state index contributed by atoms with van der Waals surface area (Å²) >= 11 is 3.53. The van der Waals surface area contributed by atoms with E-state index in [1.165, 1.54) is 30.4 Å². The topological polar surface area (TPSA) is 9.23 Å². The second kappa shape index (κ2) is 4.56. The monoisotopic (exact) mass is 268 g/mol. The molecule has 0 bridgehead atoms. The van der Waals surface area contributed by atoms with E-state index < -0.39 is 0 Å². The van der Waals surface area contributed by atoms with Gasteiger partial charge in [-0.3, -0.25) is 0 Å². The van der Waals surface area contributed by atoms with Crippen LogP contribution in [0.25, 0.3) is 0 Å². The van der Waals surface area contributed by atoms with Crippen LogP contribution < -0.4 is 4.74 Å². The average molecular weight is 269 g/mol. The van der Waals surface area contributed by atoms with E-state index in [1.807, 2.05) is 0 Å². The molecule has 2 rings (SSSR count). The Morgan fingerprint density at radius 3 is 2.60 bits per heavy atom. The zero-order chi connectivity index (χ0) is 10.8. The van der Waals surface area contributed by atoms with E-state index in [1.54, 1.807) is 0 Å². The lowest BCUT2D eigenvalue weighted by Gasteiger charge is -2.25. The smallest absolute Gasteiger partial charge is 0.122 e. The minimum Gasteiger partial charge on any atom is -0.493 e. The van der Waals surface area contributed by atoms with E-state index >= 15 is 0 Å². The van der Waals surface area contributed by atoms with Crippen molar-refractivity contribution >= 4 is 15.9 Å². The Morgan fingerprint density at radius 2 is 2.00 bits per heavy atom. The number of hydrogen-bond acceptors (Lipinski definition) is 1. The van der Waals surface area contributed by atoms with Gasteiger partial charge in [-0.05, 0) is 55.9 Å². The lowest BCUT2D eigenvalue weighted by Crippen LogP contribution is -2.19. The van der Waals surface area contributed by atoms with Crippen molar-refractivity contribution in [3.05, 3.63) is 27.7 Å². The number of hydrogen-bond donors (Lipinski definition) is 0. The Bertz CT molecular complexity index is 356. The number of ether oxygens (including phenoxy) is 1. The maximum Gasteiger partial charge on any atom is 0.122 e. The van der Waals surface area contributed by atoms with Gasteiger partial charge in [0.25, 0.3) is 0 Å². The number of halogens is 1. The Labute approximate surface area is 100.0 Å². The van der Waals surface area contributed by atoms with E-state index in [4.69, 9.17) is 4.74 Å². The minimum atomic E-state index is 0.799. The molecule has 1 aromatic carbocycles. The maximum atomic E-state index is 5.86. The standard InChI is InChI=1S/C13H17BrO/c1-9-10(2)13(7-6-12(9)14)15-8-11-4-3-5-11/h6-7,11H,3-5,8H2,1-2H3. The van der Waals surface area contributed by atoms with Crippen molar-refractivity contribution in [1.29, 1.82) is 0 Å². The zero-order valence-corrected chi connectivity index (χ0v) is 10.9. The highest BCUT2D eigenvalue weighted by Crippen LogP contribution is 2.30. The molecule has 15 heavy (non-hydrogen) atoms.